The van der Waals surface area contributed by atoms with Crippen molar-refractivity contribution in [2.24, 2.45) is 5.92 Å². The number of amides is 1. The van der Waals surface area contributed by atoms with E-state index in [0.29, 0.717) is 38.2 Å². The van der Waals surface area contributed by atoms with E-state index in [4.69, 9.17) is 4.74 Å². The van der Waals surface area contributed by atoms with Crippen LogP contribution in [0, 0.1) is 27.4 Å². The zero-order valence-corrected chi connectivity index (χ0v) is 20.8. The Kier molecular flexibility index (Phi) is 7.53. The maximum Gasteiger partial charge on any atom is 0.269 e. The van der Waals surface area contributed by atoms with Crippen molar-refractivity contribution < 1.29 is 14.5 Å². The molecule has 0 aromatic heterocycles. The number of para-hydroxylation sites is 1. The molecule has 3 aliphatic heterocycles. The van der Waals surface area contributed by atoms with Crippen molar-refractivity contribution in [3.8, 4) is 6.07 Å². The maximum atomic E-state index is 13.5. The van der Waals surface area contributed by atoms with Crippen molar-refractivity contribution in [2.45, 2.75) is 18.9 Å². The number of benzene rings is 2. The van der Waals surface area contributed by atoms with Crippen molar-refractivity contribution in [1.82, 2.24) is 10.2 Å². The lowest BCUT2D eigenvalue weighted by atomic mass is 9.83. The Bertz CT molecular complexity index is 1190. The number of rotatable bonds is 7. The number of fused-ring (bicyclic) bond motifs is 3. The molecule has 2 saturated heterocycles. The Morgan fingerprint density at radius 3 is 2.73 bits per heavy atom. The second-order valence-electron chi connectivity index (χ2n) is 9.82. The largest absolute Gasteiger partial charge is 0.379 e. The molecule has 1 N–H and O–H groups in total. The summed E-state index contributed by atoms with van der Waals surface area (Å²) in [7, 11) is 0. The fourth-order valence-electron chi connectivity index (χ4n) is 5.76. The molecular formula is C27H32N6O4. The number of nitro benzene ring substituents is 1. The third-order valence-electron chi connectivity index (χ3n) is 7.66. The molecule has 5 rings (SSSR count). The Balaban J connectivity index is 1.34. The number of anilines is 2. The van der Waals surface area contributed by atoms with Crippen molar-refractivity contribution >= 4 is 23.0 Å². The lowest BCUT2D eigenvalue weighted by Gasteiger charge is -2.49. The number of nitro groups is 1. The standard InChI is InChI=1S/C27H32N6O4/c28-18-20-4-1-2-5-24(20)31-10-11-32-25-7-6-22(33(35)36)16-21(25)17-23(26(32)19-31)27(34)29-8-3-9-30-12-14-37-15-13-30/h1-2,4-7,16,23,26H,3,8-15,17,19H2,(H,29,34). The predicted molar refractivity (Wildman–Crippen MR) is 140 cm³/mol. The fraction of sp³-hybridized carbons (Fsp3) is 0.481. The quantitative estimate of drug-likeness (QED) is 0.347. The van der Waals surface area contributed by atoms with Crippen molar-refractivity contribution in [2.75, 3.05) is 68.8 Å². The highest BCUT2D eigenvalue weighted by atomic mass is 16.6. The number of non-ortho nitro benzene ring substituents is 1. The van der Waals surface area contributed by atoms with Crippen LogP contribution in [0.2, 0.25) is 0 Å². The van der Waals surface area contributed by atoms with Crippen molar-refractivity contribution in [3.63, 3.8) is 0 Å². The van der Waals surface area contributed by atoms with E-state index >= 15 is 0 Å². The second kappa shape index (κ2) is 11.2. The van der Waals surface area contributed by atoms with E-state index in [9.17, 15) is 20.2 Å². The molecule has 2 atom stereocenters. The Morgan fingerprint density at radius 1 is 1.14 bits per heavy atom. The SMILES string of the molecule is N#Cc1ccccc1N1CCN2c3ccc([N+](=O)[O-])cc3CC(C(=O)NCCCN3CCOCC3)C2C1. The summed E-state index contributed by atoms with van der Waals surface area (Å²) in [6, 6.07) is 14.7. The van der Waals surface area contributed by atoms with Crippen LogP contribution < -0.4 is 15.1 Å². The van der Waals surface area contributed by atoms with Gasteiger partial charge in [0.2, 0.25) is 5.91 Å². The third kappa shape index (κ3) is 5.38. The summed E-state index contributed by atoms with van der Waals surface area (Å²) in [5.74, 6) is -0.375. The van der Waals surface area contributed by atoms with Gasteiger partial charge in [0, 0.05) is 57.1 Å². The summed E-state index contributed by atoms with van der Waals surface area (Å²) in [5, 5.41) is 24.2. The summed E-state index contributed by atoms with van der Waals surface area (Å²) in [5.41, 5.74) is 3.34. The van der Waals surface area contributed by atoms with Crippen molar-refractivity contribution in [3.05, 3.63) is 63.7 Å². The highest BCUT2D eigenvalue weighted by Gasteiger charge is 2.42. The van der Waals surface area contributed by atoms with Gasteiger partial charge in [0.25, 0.3) is 5.69 Å². The average Bonchev–Trinajstić information content (AvgIpc) is 2.94. The molecule has 2 aromatic rings. The van der Waals surface area contributed by atoms with E-state index in [2.05, 4.69) is 26.1 Å². The van der Waals surface area contributed by atoms with E-state index in [1.54, 1.807) is 12.1 Å². The molecule has 2 aromatic carbocycles. The highest BCUT2D eigenvalue weighted by molar-refractivity contribution is 5.82. The lowest BCUT2D eigenvalue weighted by molar-refractivity contribution is -0.384. The molecular weight excluding hydrogens is 472 g/mol. The van der Waals surface area contributed by atoms with E-state index in [0.717, 1.165) is 56.2 Å². The molecule has 2 unspecified atom stereocenters. The van der Waals surface area contributed by atoms with Crippen LogP contribution in [0.25, 0.3) is 0 Å². The first-order valence-corrected chi connectivity index (χ1v) is 12.9. The molecule has 10 nitrogen and oxygen atoms in total. The van der Waals surface area contributed by atoms with Crippen LogP contribution in [-0.4, -0.2) is 80.8 Å². The summed E-state index contributed by atoms with van der Waals surface area (Å²) >= 11 is 0. The zero-order chi connectivity index (χ0) is 25.8. The Labute approximate surface area is 216 Å². The molecule has 0 radical (unpaired) electrons. The van der Waals surface area contributed by atoms with Crippen LogP contribution in [0.1, 0.15) is 17.5 Å². The zero-order valence-electron chi connectivity index (χ0n) is 20.8. The van der Waals surface area contributed by atoms with Gasteiger partial charge < -0.3 is 19.9 Å². The number of ether oxygens (including phenoxy) is 1. The van der Waals surface area contributed by atoms with Gasteiger partial charge in [0.05, 0.1) is 41.3 Å². The van der Waals surface area contributed by atoms with Crippen LogP contribution >= 0.6 is 0 Å². The molecule has 1 amide bonds. The molecule has 0 bridgehead atoms. The number of nitrogens with one attached hydrogen (secondary N) is 1. The summed E-state index contributed by atoms with van der Waals surface area (Å²) in [4.78, 5) is 31.3. The fourth-order valence-corrected chi connectivity index (χ4v) is 5.76. The minimum atomic E-state index is -0.385. The van der Waals surface area contributed by atoms with E-state index in [1.807, 2.05) is 30.3 Å². The normalized spacial score (nSPS) is 21.5. The number of hydrogen-bond donors (Lipinski definition) is 1. The average molecular weight is 505 g/mol. The minimum absolute atomic E-state index is 0.0236. The van der Waals surface area contributed by atoms with E-state index in [-0.39, 0.29) is 28.5 Å². The molecule has 10 heteroatoms. The summed E-state index contributed by atoms with van der Waals surface area (Å²) in [6.07, 6.45) is 1.30. The number of nitrogens with zero attached hydrogens (tertiary/aromatic N) is 5. The summed E-state index contributed by atoms with van der Waals surface area (Å²) in [6.45, 7) is 6.80. The van der Waals surface area contributed by atoms with Gasteiger partial charge >= 0.3 is 0 Å². The van der Waals surface area contributed by atoms with Gasteiger partial charge in [-0.25, -0.2) is 0 Å². The summed E-state index contributed by atoms with van der Waals surface area (Å²) < 4.78 is 5.40. The molecule has 3 heterocycles. The van der Waals surface area contributed by atoms with E-state index < -0.39 is 0 Å². The lowest BCUT2D eigenvalue weighted by Crippen LogP contribution is -2.61. The number of morpholine rings is 1. The molecule has 2 fully saturated rings. The van der Waals surface area contributed by atoms with Gasteiger partial charge in [0.15, 0.2) is 0 Å². The van der Waals surface area contributed by atoms with Gasteiger partial charge in [-0.3, -0.25) is 19.8 Å². The first-order chi connectivity index (χ1) is 18.0. The van der Waals surface area contributed by atoms with Crippen LogP contribution in [0.3, 0.4) is 0 Å². The first-order valence-electron chi connectivity index (χ1n) is 12.9. The number of carbonyl (C=O) groups is 1. The molecule has 194 valence electrons. The molecule has 0 spiro atoms. The maximum absolute atomic E-state index is 13.5. The van der Waals surface area contributed by atoms with Gasteiger partial charge in [-0.15, -0.1) is 0 Å². The van der Waals surface area contributed by atoms with Gasteiger partial charge in [0.1, 0.15) is 6.07 Å². The molecule has 0 aliphatic carbocycles. The van der Waals surface area contributed by atoms with Gasteiger partial charge in [-0.1, -0.05) is 12.1 Å². The molecule has 37 heavy (non-hydrogen) atoms. The topological polar surface area (TPSA) is 115 Å². The smallest absolute Gasteiger partial charge is 0.269 e. The van der Waals surface area contributed by atoms with Crippen LogP contribution in [0.5, 0.6) is 0 Å². The Hall–Kier alpha value is -3.68. The van der Waals surface area contributed by atoms with Crippen LogP contribution in [0.15, 0.2) is 42.5 Å². The number of piperazine rings is 1. The number of hydrogen-bond acceptors (Lipinski definition) is 8. The minimum Gasteiger partial charge on any atom is -0.379 e. The third-order valence-corrected chi connectivity index (χ3v) is 7.66. The van der Waals surface area contributed by atoms with Gasteiger partial charge in [-0.05, 0) is 43.1 Å². The predicted octanol–water partition coefficient (Wildman–Crippen LogP) is 2.17. The van der Waals surface area contributed by atoms with Gasteiger partial charge in [-0.2, -0.15) is 5.26 Å². The van der Waals surface area contributed by atoms with Crippen molar-refractivity contribution in [1.29, 1.82) is 5.26 Å². The molecule has 3 aliphatic rings. The first kappa shape index (κ1) is 25.0. The van der Waals surface area contributed by atoms with Crippen LogP contribution in [-0.2, 0) is 16.0 Å². The number of nitriles is 1. The Morgan fingerprint density at radius 2 is 1.95 bits per heavy atom. The second-order valence-corrected chi connectivity index (χ2v) is 9.82. The van der Waals surface area contributed by atoms with E-state index in [1.165, 1.54) is 0 Å². The monoisotopic (exact) mass is 504 g/mol. The number of carbonyl (C=O) groups excluding carboxylic acids is 1. The molecule has 0 saturated carbocycles. The van der Waals surface area contributed by atoms with Crippen LogP contribution in [0.4, 0.5) is 17.1 Å². The highest BCUT2D eigenvalue weighted by Crippen LogP contribution is 2.39.